The third kappa shape index (κ3) is 3.83. The molecule has 2 fully saturated rings. The summed E-state index contributed by atoms with van der Waals surface area (Å²) in [5.41, 5.74) is 1.67. The van der Waals surface area contributed by atoms with E-state index in [4.69, 9.17) is 9.47 Å². The number of methoxy groups -OCH3 is 1. The van der Waals surface area contributed by atoms with Crippen LogP contribution in [-0.2, 0) is 11.3 Å². The van der Waals surface area contributed by atoms with Gasteiger partial charge in [0.15, 0.2) is 5.96 Å². The summed E-state index contributed by atoms with van der Waals surface area (Å²) in [6, 6.07) is 7.97. The molecule has 1 aliphatic heterocycles. The number of rotatable bonds is 6. The maximum Gasteiger partial charge on any atom is 0.193 e. The number of guanidine groups is 1. The number of nitrogens with one attached hydrogen (secondary N) is 1. The van der Waals surface area contributed by atoms with Crippen LogP contribution in [-0.4, -0.2) is 51.3 Å². The van der Waals surface area contributed by atoms with E-state index < -0.39 is 0 Å². The second kappa shape index (κ2) is 7.88. The number of ether oxygens (including phenoxy) is 2. The molecule has 1 saturated heterocycles. The van der Waals surface area contributed by atoms with E-state index in [2.05, 4.69) is 15.2 Å². The van der Waals surface area contributed by atoms with Crippen LogP contribution in [0, 0.1) is 5.41 Å². The first-order valence-electron chi connectivity index (χ1n) is 8.92. The lowest BCUT2D eigenvalue weighted by molar-refractivity contribution is 0.122. The van der Waals surface area contributed by atoms with Crippen LogP contribution in [0.15, 0.2) is 29.3 Å². The Balaban J connectivity index is 1.38. The number of hydrogen-bond acceptors (Lipinski definition) is 3. The summed E-state index contributed by atoms with van der Waals surface area (Å²) in [5, 5.41) is 3.43. The van der Waals surface area contributed by atoms with E-state index in [0.717, 1.165) is 36.9 Å². The van der Waals surface area contributed by atoms with Crippen molar-refractivity contribution in [2.45, 2.75) is 32.3 Å². The van der Waals surface area contributed by atoms with Gasteiger partial charge in [-0.3, -0.25) is 4.99 Å². The van der Waals surface area contributed by atoms with Gasteiger partial charge in [-0.2, -0.15) is 0 Å². The molecular weight excluding hydrogens is 302 g/mol. The van der Waals surface area contributed by atoms with Gasteiger partial charge in [-0.25, -0.2) is 0 Å². The molecule has 1 aromatic rings. The van der Waals surface area contributed by atoms with Crippen molar-refractivity contribution in [3.05, 3.63) is 29.8 Å². The third-order valence-corrected chi connectivity index (χ3v) is 5.34. The first-order valence-corrected chi connectivity index (χ1v) is 8.92. The first-order chi connectivity index (χ1) is 11.8. The van der Waals surface area contributed by atoms with Gasteiger partial charge in [0.2, 0.25) is 0 Å². The van der Waals surface area contributed by atoms with Crippen molar-refractivity contribution < 1.29 is 9.47 Å². The summed E-state index contributed by atoms with van der Waals surface area (Å²) in [6.45, 7) is 4.27. The lowest BCUT2D eigenvalue weighted by Crippen LogP contribution is -2.43. The standard InChI is InChI=1S/C19H29N3O2/c1-20-18(22-12-10-19(15-22)8-5-9-19)21-11-13-24-14-16-6-3-4-7-17(16)23-2/h3-4,6-7H,5,8-15H2,1-2H3,(H,20,21). The van der Waals surface area contributed by atoms with Crippen molar-refractivity contribution in [2.24, 2.45) is 10.4 Å². The number of aliphatic imine (C=N–C) groups is 1. The normalized spacial score (nSPS) is 19.4. The van der Waals surface area contributed by atoms with Gasteiger partial charge in [-0.15, -0.1) is 0 Å². The van der Waals surface area contributed by atoms with Gasteiger partial charge in [-0.1, -0.05) is 24.6 Å². The van der Waals surface area contributed by atoms with Crippen LogP contribution in [0.25, 0.3) is 0 Å². The predicted octanol–water partition coefficient (Wildman–Crippen LogP) is 2.66. The predicted molar refractivity (Wildman–Crippen MR) is 96.5 cm³/mol. The molecule has 3 rings (SSSR count). The Morgan fingerprint density at radius 1 is 1.29 bits per heavy atom. The minimum Gasteiger partial charge on any atom is -0.496 e. The molecule has 5 heteroatoms. The van der Waals surface area contributed by atoms with Crippen molar-refractivity contribution in [1.29, 1.82) is 0 Å². The monoisotopic (exact) mass is 331 g/mol. The summed E-state index contributed by atoms with van der Waals surface area (Å²) in [5.74, 6) is 1.89. The number of nitrogens with zero attached hydrogens (tertiary/aromatic N) is 2. The van der Waals surface area contributed by atoms with E-state index in [1.165, 1.54) is 25.7 Å². The molecule has 0 amide bonds. The smallest absolute Gasteiger partial charge is 0.193 e. The molecule has 1 heterocycles. The van der Waals surface area contributed by atoms with E-state index in [1.54, 1.807) is 7.11 Å². The Hall–Kier alpha value is -1.75. The number of hydrogen-bond donors (Lipinski definition) is 1. The van der Waals surface area contributed by atoms with E-state index in [0.29, 0.717) is 18.6 Å². The highest BCUT2D eigenvalue weighted by Crippen LogP contribution is 2.47. The van der Waals surface area contributed by atoms with Crippen LogP contribution < -0.4 is 10.1 Å². The second-order valence-corrected chi connectivity index (χ2v) is 6.86. The van der Waals surface area contributed by atoms with Crippen molar-refractivity contribution >= 4 is 5.96 Å². The van der Waals surface area contributed by atoms with Crippen molar-refractivity contribution in [3.8, 4) is 5.75 Å². The SMILES string of the molecule is CN=C(NCCOCc1ccccc1OC)N1CCC2(CCC2)C1. The van der Waals surface area contributed by atoms with Gasteiger partial charge in [0.25, 0.3) is 0 Å². The minimum atomic E-state index is 0.567. The fourth-order valence-electron chi connectivity index (χ4n) is 3.77. The lowest BCUT2D eigenvalue weighted by Gasteiger charge is -2.38. The van der Waals surface area contributed by atoms with E-state index in [-0.39, 0.29) is 0 Å². The Morgan fingerprint density at radius 2 is 2.12 bits per heavy atom. The van der Waals surface area contributed by atoms with Crippen LogP contribution in [0.2, 0.25) is 0 Å². The number of likely N-dealkylation sites (tertiary alicyclic amines) is 1. The van der Waals surface area contributed by atoms with Gasteiger partial charge in [-0.05, 0) is 30.7 Å². The molecule has 1 saturated carbocycles. The zero-order chi connectivity index (χ0) is 16.8. The topological polar surface area (TPSA) is 46.1 Å². The zero-order valence-electron chi connectivity index (χ0n) is 14.9. The quantitative estimate of drug-likeness (QED) is 0.494. The Morgan fingerprint density at radius 3 is 2.79 bits per heavy atom. The van der Waals surface area contributed by atoms with E-state index in [1.807, 2.05) is 31.3 Å². The Kier molecular flexibility index (Phi) is 5.61. The molecular formula is C19H29N3O2. The highest BCUT2D eigenvalue weighted by atomic mass is 16.5. The molecule has 0 atom stereocenters. The Labute approximate surface area is 145 Å². The summed E-state index contributed by atoms with van der Waals surface area (Å²) in [7, 11) is 3.55. The van der Waals surface area contributed by atoms with Gasteiger partial charge in [0, 0.05) is 32.2 Å². The van der Waals surface area contributed by atoms with Crippen LogP contribution >= 0.6 is 0 Å². The number of para-hydroxylation sites is 1. The van der Waals surface area contributed by atoms with E-state index >= 15 is 0 Å². The fraction of sp³-hybridized carbons (Fsp3) is 0.632. The van der Waals surface area contributed by atoms with Gasteiger partial charge >= 0.3 is 0 Å². The van der Waals surface area contributed by atoms with E-state index in [9.17, 15) is 0 Å². The highest BCUT2D eigenvalue weighted by molar-refractivity contribution is 5.80. The molecule has 0 aromatic heterocycles. The second-order valence-electron chi connectivity index (χ2n) is 6.86. The summed E-state index contributed by atoms with van der Waals surface area (Å²) >= 11 is 0. The minimum absolute atomic E-state index is 0.567. The molecule has 0 radical (unpaired) electrons. The molecule has 1 spiro atoms. The average molecular weight is 331 g/mol. The van der Waals surface area contributed by atoms with Crippen molar-refractivity contribution in [3.63, 3.8) is 0 Å². The first kappa shape index (κ1) is 17.1. The number of benzene rings is 1. The molecule has 1 aromatic carbocycles. The molecule has 24 heavy (non-hydrogen) atoms. The van der Waals surface area contributed by atoms with Crippen LogP contribution in [0.4, 0.5) is 0 Å². The largest absolute Gasteiger partial charge is 0.496 e. The highest BCUT2D eigenvalue weighted by Gasteiger charge is 2.43. The van der Waals surface area contributed by atoms with Crippen LogP contribution in [0.5, 0.6) is 5.75 Å². The molecule has 1 N–H and O–H groups in total. The molecule has 1 aliphatic carbocycles. The van der Waals surface area contributed by atoms with Gasteiger partial charge < -0.3 is 19.7 Å². The van der Waals surface area contributed by atoms with Gasteiger partial charge in [0.1, 0.15) is 5.75 Å². The summed E-state index contributed by atoms with van der Waals surface area (Å²) in [6.07, 6.45) is 5.50. The third-order valence-electron chi connectivity index (χ3n) is 5.34. The maximum atomic E-state index is 5.78. The molecule has 5 nitrogen and oxygen atoms in total. The summed E-state index contributed by atoms with van der Waals surface area (Å²) < 4.78 is 11.1. The van der Waals surface area contributed by atoms with Crippen LogP contribution in [0.3, 0.4) is 0 Å². The zero-order valence-corrected chi connectivity index (χ0v) is 14.9. The maximum absolute atomic E-state index is 5.78. The van der Waals surface area contributed by atoms with Crippen molar-refractivity contribution in [2.75, 3.05) is 40.4 Å². The molecule has 0 bridgehead atoms. The van der Waals surface area contributed by atoms with Gasteiger partial charge in [0.05, 0.1) is 20.3 Å². The molecule has 2 aliphatic rings. The molecule has 0 unspecified atom stereocenters. The Bertz CT molecular complexity index is 569. The molecule has 132 valence electrons. The fourth-order valence-corrected chi connectivity index (χ4v) is 3.77. The lowest BCUT2D eigenvalue weighted by atomic mass is 9.68. The van der Waals surface area contributed by atoms with Crippen LogP contribution in [0.1, 0.15) is 31.2 Å². The average Bonchev–Trinajstić information content (AvgIpc) is 3.04. The van der Waals surface area contributed by atoms with Crippen molar-refractivity contribution in [1.82, 2.24) is 10.2 Å². The summed E-state index contributed by atoms with van der Waals surface area (Å²) in [4.78, 5) is 6.84.